The van der Waals surface area contributed by atoms with Gasteiger partial charge >= 0.3 is 0 Å². The fourth-order valence-corrected chi connectivity index (χ4v) is 2.75. The van der Waals surface area contributed by atoms with Gasteiger partial charge in [0, 0.05) is 31.9 Å². The number of phenols is 1. The molecule has 2 aromatic carbocycles. The van der Waals surface area contributed by atoms with Crippen LogP contribution in [0.2, 0.25) is 0 Å². The summed E-state index contributed by atoms with van der Waals surface area (Å²) < 4.78 is 1.88. The van der Waals surface area contributed by atoms with Gasteiger partial charge < -0.3 is 15.3 Å². The summed E-state index contributed by atoms with van der Waals surface area (Å²) in [5.41, 5.74) is 3.20. The summed E-state index contributed by atoms with van der Waals surface area (Å²) in [5, 5.41) is 17.2. The van der Waals surface area contributed by atoms with Gasteiger partial charge in [0.2, 0.25) is 0 Å². The molecule has 0 aliphatic heterocycles. The number of nitrogens with zero attached hydrogens (tertiary/aromatic N) is 4. The number of hydrogen-bond donors (Lipinski definition) is 2. The number of phenolic OH excluding ortho intramolecular Hbond substituents is 1. The Morgan fingerprint density at radius 2 is 1.82 bits per heavy atom. The van der Waals surface area contributed by atoms with Gasteiger partial charge in [0.25, 0.3) is 0 Å². The standard InChI is InChI=1S/C21H25N5O.HI/c1-3-22-21(23-13-17-9-11-20(27)12-10-17)25(2)15-18-14-24-26(16-18)19-7-5-4-6-8-19;/h4-12,14,16,27H,3,13,15H2,1-2H3,(H,22,23);1H. The summed E-state index contributed by atoms with van der Waals surface area (Å²) in [6.45, 7) is 4.10. The van der Waals surface area contributed by atoms with Crippen LogP contribution in [0.15, 0.2) is 72.0 Å². The number of halogens is 1. The maximum absolute atomic E-state index is 9.39. The molecule has 0 unspecified atom stereocenters. The third-order valence-electron chi connectivity index (χ3n) is 4.12. The first-order chi connectivity index (χ1) is 13.2. The van der Waals surface area contributed by atoms with Crippen LogP contribution >= 0.6 is 24.0 Å². The summed E-state index contributed by atoms with van der Waals surface area (Å²) in [7, 11) is 2.01. The highest BCUT2D eigenvalue weighted by molar-refractivity contribution is 14.0. The van der Waals surface area contributed by atoms with E-state index in [4.69, 9.17) is 4.99 Å². The van der Waals surface area contributed by atoms with Crippen molar-refractivity contribution >= 4 is 29.9 Å². The Hall–Kier alpha value is -2.55. The minimum atomic E-state index is 0. The Morgan fingerprint density at radius 1 is 1.11 bits per heavy atom. The van der Waals surface area contributed by atoms with E-state index in [2.05, 4.69) is 22.2 Å². The van der Waals surface area contributed by atoms with E-state index in [9.17, 15) is 5.11 Å². The summed E-state index contributed by atoms with van der Waals surface area (Å²) in [6.07, 6.45) is 3.92. The second-order valence-corrected chi connectivity index (χ2v) is 6.32. The van der Waals surface area contributed by atoms with Crippen LogP contribution in [-0.2, 0) is 13.1 Å². The van der Waals surface area contributed by atoms with Crippen LogP contribution in [0.25, 0.3) is 5.69 Å². The molecule has 1 heterocycles. The minimum absolute atomic E-state index is 0. The molecule has 0 spiro atoms. The van der Waals surface area contributed by atoms with E-state index in [0.717, 1.165) is 29.3 Å². The molecule has 0 aliphatic rings. The van der Waals surface area contributed by atoms with E-state index >= 15 is 0 Å². The highest BCUT2D eigenvalue weighted by atomic mass is 127. The number of nitrogens with one attached hydrogen (secondary N) is 1. The largest absolute Gasteiger partial charge is 0.508 e. The van der Waals surface area contributed by atoms with Gasteiger partial charge in [-0.3, -0.25) is 0 Å². The van der Waals surface area contributed by atoms with Crippen LogP contribution in [0.4, 0.5) is 0 Å². The number of hydrogen-bond acceptors (Lipinski definition) is 3. The molecular formula is C21H26IN5O. The Kier molecular flexibility index (Phi) is 8.31. The van der Waals surface area contributed by atoms with Gasteiger partial charge in [0.1, 0.15) is 5.75 Å². The van der Waals surface area contributed by atoms with Crippen molar-refractivity contribution in [3.05, 3.63) is 78.1 Å². The zero-order valence-corrected chi connectivity index (χ0v) is 18.4. The van der Waals surface area contributed by atoms with E-state index in [1.54, 1.807) is 12.1 Å². The van der Waals surface area contributed by atoms with Crippen LogP contribution in [0.5, 0.6) is 5.75 Å². The van der Waals surface area contributed by atoms with Gasteiger partial charge in [-0.15, -0.1) is 24.0 Å². The normalized spacial score (nSPS) is 11.0. The van der Waals surface area contributed by atoms with E-state index in [-0.39, 0.29) is 29.7 Å². The molecule has 0 radical (unpaired) electrons. The lowest BCUT2D eigenvalue weighted by atomic mass is 10.2. The molecule has 1 aromatic heterocycles. The van der Waals surface area contributed by atoms with Crippen molar-refractivity contribution in [2.24, 2.45) is 4.99 Å². The first-order valence-corrected chi connectivity index (χ1v) is 9.02. The lowest BCUT2D eigenvalue weighted by Crippen LogP contribution is -2.38. The lowest BCUT2D eigenvalue weighted by molar-refractivity contribution is 0.474. The third kappa shape index (κ3) is 5.98. The fourth-order valence-electron chi connectivity index (χ4n) is 2.75. The maximum atomic E-state index is 9.39. The molecule has 0 amide bonds. The van der Waals surface area contributed by atoms with E-state index in [1.165, 1.54) is 0 Å². The second kappa shape index (κ2) is 10.7. The average Bonchev–Trinajstić information content (AvgIpc) is 3.15. The van der Waals surface area contributed by atoms with Gasteiger partial charge in [0.05, 0.1) is 18.4 Å². The zero-order chi connectivity index (χ0) is 19.1. The Morgan fingerprint density at radius 3 is 2.50 bits per heavy atom. The van der Waals surface area contributed by atoms with Gasteiger partial charge in [-0.2, -0.15) is 5.10 Å². The SMILES string of the molecule is CCNC(=NCc1ccc(O)cc1)N(C)Cc1cnn(-c2ccccc2)c1.I. The van der Waals surface area contributed by atoms with Crippen molar-refractivity contribution in [3.63, 3.8) is 0 Å². The molecule has 28 heavy (non-hydrogen) atoms. The van der Waals surface area contributed by atoms with Gasteiger partial charge in [-0.25, -0.2) is 9.67 Å². The molecule has 0 saturated heterocycles. The van der Waals surface area contributed by atoms with Crippen molar-refractivity contribution in [1.29, 1.82) is 0 Å². The van der Waals surface area contributed by atoms with Crippen molar-refractivity contribution in [2.45, 2.75) is 20.0 Å². The number of para-hydroxylation sites is 1. The summed E-state index contributed by atoms with van der Waals surface area (Å²) in [4.78, 5) is 6.78. The number of rotatable bonds is 6. The summed E-state index contributed by atoms with van der Waals surface area (Å²) >= 11 is 0. The van der Waals surface area contributed by atoms with Gasteiger partial charge in [-0.1, -0.05) is 30.3 Å². The number of benzene rings is 2. The Balaban J connectivity index is 0.00000280. The monoisotopic (exact) mass is 491 g/mol. The molecule has 148 valence electrons. The highest BCUT2D eigenvalue weighted by Crippen LogP contribution is 2.12. The summed E-state index contributed by atoms with van der Waals surface area (Å²) in [5.74, 6) is 1.10. The predicted octanol–water partition coefficient (Wildman–Crippen LogP) is 3.79. The van der Waals surface area contributed by atoms with E-state index < -0.39 is 0 Å². The Labute approximate surface area is 182 Å². The quantitative estimate of drug-likeness (QED) is 0.313. The molecule has 0 bridgehead atoms. The van der Waals surface area contributed by atoms with Crippen molar-refractivity contribution in [3.8, 4) is 11.4 Å². The molecule has 3 aromatic rings. The predicted molar refractivity (Wildman–Crippen MR) is 123 cm³/mol. The van der Waals surface area contributed by atoms with E-state index in [1.807, 2.05) is 66.6 Å². The van der Waals surface area contributed by atoms with Crippen molar-refractivity contribution in [2.75, 3.05) is 13.6 Å². The highest BCUT2D eigenvalue weighted by Gasteiger charge is 2.09. The van der Waals surface area contributed by atoms with E-state index in [0.29, 0.717) is 13.1 Å². The molecule has 0 saturated carbocycles. The number of aliphatic imine (C=N–C) groups is 1. The molecule has 7 heteroatoms. The topological polar surface area (TPSA) is 65.7 Å². The van der Waals surface area contributed by atoms with Gasteiger partial charge in [-0.05, 0) is 36.8 Å². The molecule has 6 nitrogen and oxygen atoms in total. The molecular weight excluding hydrogens is 465 g/mol. The fraction of sp³-hybridized carbons (Fsp3) is 0.238. The minimum Gasteiger partial charge on any atom is -0.508 e. The summed E-state index contributed by atoms with van der Waals surface area (Å²) in [6, 6.07) is 17.2. The van der Waals surface area contributed by atoms with Gasteiger partial charge in [0.15, 0.2) is 5.96 Å². The molecule has 3 rings (SSSR count). The first-order valence-electron chi connectivity index (χ1n) is 9.02. The Bertz CT molecular complexity index is 877. The molecule has 0 fully saturated rings. The third-order valence-corrected chi connectivity index (χ3v) is 4.12. The molecule has 0 aliphatic carbocycles. The zero-order valence-electron chi connectivity index (χ0n) is 16.1. The maximum Gasteiger partial charge on any atom is 0.194 e. The van der Waals surface area contributed by atoms with Crippen LogP contribution in [0, 0.1) is 0 Å². The average molecular weight is 491 g/mol. The number of guanidine groups is 1. The van der Waals surface area contributed by atoms with Crippen LogP contribution < -0.4 is 5.32 Å². The van der Waals surface area contributed by atoms with Crippen LogP contribution in [0.1, 0.15) is 18.1 Å². The first kappa shape index (κ1) is 21.7. The molecule has 2 N–H and O–H groups in total. The molecule has 0 atom stereocenters. The van der Waals surface area contributed by atoms with Crippen molar-refractivity contribution in [1.82, 2.24) is 20.0 Å². The second-order valence-electron chi connectivity index (χ2n) is 6.32. The van der Waals surface area contributed by atoms with Crippen LogP contribution in [0.3, 0.4) is 0 Å². The number of aromatic nitrogens is 2. The number of aromatic hydroxyl groups is 1. The van der Waals surface area contributed by atoms with Crippen LogP contribution in [-0.4, -0.2) is 39.3 Å². The van der Waals surface area contributed by atoms with Crippen molar-refractivity contribution < 1.29 is 5.11 Å². The smallest absolute Gasteiger partial charge is 0.194 e. The lowest BCUT2D eigenvalue weighted by Gasteiger charge is -2.21.